The highest BCUT2D eigenvalue weighted by molar-refractivity contribution is 6.35. The maximum Gasteiger partial charge on any atom is 0.256 e. The third-order valence-electron chi connectivity index (χ3n) is 4.79. The van der Waals surface area contributed by atoms with Crippen LogP contribution >= 0.6 is 23.2 Å². The number of amides is 3. The summed E-state index contributed by atoms with van der Waals surface area (Å²) in [5.74, 6) is -0.799. The third-order valence-corrected chi connectivity index (χ3v) is 5.36. The quantitative estimate of drug-likeness (QED) is 0.744. The van der Waals surface area contributed by atoms with Crippen LogP contribution in [0.5, 0.6) is 0 Å². The Balaban J connectivity index is 1.77. The summed E-state index contributed by atoms with van der Waals surface area (Å²) in [7, 11) is 0. The van der Waals surface area contributed by atoms with Gasteiger partial charge in [0.1, 0.15) is 6.04 Å². The van der Waals surface area contributed by atoms with E-state index in [2.05, 4.69) is 10.6 Å². The van der Waals surface area contributed by atoms with E-state index in [9.17, 15) is 14.4 Å². The molecule has 2 aromatic carbocycles. The van der Waals surface area contributed by atoms with Gasteiger partial charge in [0, 0.05) is 29.9 Å². The van der Waals surface area contributed by atoms with Gasteiger partial charge in [-0.25, -0.2) is 0 Å². The van der Waals surface area contributed by atoms with Crippen LogP contribution in [0.15, 0.2) is 36.4 Å². The normalized spacial score (nSPS) is 15.9. The number of anilines is 2. The van der Waals surface area contributed by atoms with E-state index in [4.69, 9.17) is 23.2 Å². The number of nitrogens with one attached hydrogen (secondary N) is 2. The first-order chi connectivity index (χ1) is 13.8. The van der Waals surface area contributed by atoms with Gasteiger partial charge in [-0.05, 0) is 55.7 Å². The molecule has 1 aliphatic heterocycles. The van der Waals surface area contributed by atoms with Crippen molar-refractivity contribution < 1.29 is 14.4 Å². The second-order valence-corrected chi connectivity index (χ2v) is 7.82. The van der Waals surface area contributed by atoms with Gasteiger partial charge in [0.25, 0.3) is 5.91 Å². The summed E-state index contributed by atoms with van der Waals surface area (Å²) >= 11 is 12.2. The standard InChI is InChI=1S/C21H21Cl2N3O3/c1-12-5-7-15(11-18(12)24-13(2)27)25-20(28)19-4-3-9-26(19)21(29)16-10-14(22)6-8-17(16)23/h5-8,10-11,19H,3-4,9H2,1-2H3,(H,24,27)(H,25,28). The SMILES string of the molecule is CC(=O)Nc1cc(NC(=O)C2CCCN2C(=O)c2cc(Cl)ccc2Cl)ccc1C. The molecule has 1 heterocycles. The summed E-state index contributed by atoms with van der Waals surface area (Å²) in [6.45, 7) is 3.75. The van der Waals surface area contributed by atoms with Gasteiger partial charge < -0.3 is 15.5 Å². The molecule has 152 valence electrons. The lowest BCUT2D eigenvalue weighted by Crippen LogP contribution is -2.43. The van der Waals surface area contributed by atoms with Gasteiger partial charge in [-0.15, -0.1) is 0 Å². The lowest BCUT2D eigenvalue weighted by Gasteiger charge is -2.24. The summed E-state index contributed by atoms with van der Waals surface area (Å²) < 4.78 is 0. The molecule has 29 heavy (non-hydrogen) atoms. The highest BCUT2D eigenvalue weighted by Crippen LogP contribution is 2.27. The molecule has 2 aromatic rings. The van der Waals surface area contributed by atoms with E-state index in [-0.39, 0.29) is 23.3 Å². The van der Waals surface area contributed by atoms with Crippen molar-refractivity contribution in [3.8, 4) is 0 Å². The fourth-order valence-electron chi connectivity index (χ4n) is 3.35. The highest BCUT2D eigenvalue weighted by Gasteiger charge is 2.35. The van der Waals surface area contributed by atoms with E-state index in [1.54, 1.807) is 24.3 Å². The molecule has 0 spiro atoms. The predicted octanol–water partition coefficient (Wildman–Crippen LogP) is 4.50. The van der Waals surface area contributed by atoms with Gasteiger partial charge in [-0.3, -0.25) is 14.4 Å². The molecule has 2 N–H and O–H groups in total. The smallest absolute Gasteiger partial charge is 0.256 e. The van der Waals surface area contributed by atoms with Gasteiger partial charge in [-0.2, -0.15) is 0 Å². The Morgan fingerprint density at radius 2 is 1.83 bits per heavy atom. The average Bonchev–Trinajstić information content (AvgIpc) is 3.15. The van der Waals surface area contributed by atoms with Crippen LogP contribution in [0.3, 0.4) is 0 Å². The van der Waals surface area contributed by atoms with Gasteiger partial charge in [0.05, 0.1) is 10.6 Å². The summed E-state index contributed by atoms with van der Waals surface area (Å²) in [5, 5.41) is 6.28. The fraction of sp³-hybridized carbons (Fsp3) is 0.286. The van der Waals surface area contributed by atoms with Crippen molar-refractivity contribution >= 4 is 52.3 Å². The van der Waals surface area contributed by atoms with Crippen LogP contribution in [-0.2, 0) is 9.59 Å². The summed E-state index contributed by atoms with van der Waals surface area (Å²) in [6, 6.07) is 9.35. The van der Waals surface area contributed by atoms with Crippen molar-refractivity contribution in [2.45, 2.75) is 32.7 Å². The second-order valence-electron chi connectivity index (χ2n) is 6.98. The van der Waals surface area contributed by atoms with E-state index in [0.717, 1.165) is 5.56 Å². The lowest BCUT2D eigenvalue weighted by molar-refractivity contribution is -0.119. The Bertz CT molecular complexity index is 978. The van der Waals surface area contributed by atoms with E-state index in [0.29, 0.717) is 40.8 Å². The number of nitrogens with zero attached hydrogens (tertiary/aromatic N) is 1. The van der Waals surface area contributed by atoms with Gasteiger partial charge in [-0.1, -0.05) is 29.3 Å². The molecular weight excluding hydrogens is 413 g/mol. The number of hydrogen-bond acceptors (Lipinski definition) is 3. The molecule has 0 saturated carbocycles. The number of aryl methyl sites for hydroxylation is 1. The van der Waals surface area contributed by atoms with Crippen LogP contribution in [0.4, 0.5) is 11.4 Å². The Morgan fingerprint density at radius 1 is 1.07 bits per heavy atom. The lowest BCUT2D eigenvalue weighted by atomic mass is 10.1. The molecule has 0 aromatic heterocycles. The molecular formula is C21H21Cl2N3O3. The number of carbonyl (C=O) groups is 3. The van der Waals surface area contributed by atoms with Crippen molar-refractivity contribution in [2.24, 2.45) is 0 Å². The highest BCUT2D eigenvalue weighted by atomic mass is 35.5. The first-order valence-electron chi connectivity index (χ1n) is 9.21. The van der Waals surface area contributed by atoms with E-state index >= 15 is 0 Å². The molecule has 1 atom stereocenters. The van der Waals surface area contributed by atoms with E-state index in [1.807, 2.05) is 13.0 Å². The minimum absolute atomic E-state index is 0.192. The van der Waals surface area contributed by atoms with Crippen LogP contribution in [0, 0.1) is 6.92 Å². The summed E-state index contributed by atoms with van der Waals surface area (Å²) in [4.78, 5) is 38.7. The average molecular weight is 434 g/mol. The second kappa shape index (κ2) is 8.84. The maximum absolute atomic E-state index is 13.0. The minimum atomic E-state index is -0.608. The van der Waals surface area contributed by atoms with Crippen molar-refractivity contribution in [2.75, 3.05) is 17.2 Å². The fourth-order valence-corrected chi connectivity index (χ4v) is 3.72. The topological polar surface area (TPSA) is 78.5 Å². The summed E-state index contributed by atoms with van der Waals surface area (Å²) in [6.07, 6.45) is 1.27. The Labute approximate surface area is 179 Å². The zero-order valence-electron chi connectivity index (χ0n) is 16.1. The number of carbonyl (C=O) groups excluding carboxylic acids is 3. The van der Waals surface area contributed by atoms with Crippen molar-refractivity contribution in [3.63, 3.8) is 0 Å². The molecule has 1 fully saturated rings. The molecule has 0 radical (unpaired) electrons. The van der Waals surface area contributed by atoms with Gasteiger partial charge >= 0.3 is 0 Å². The predicted molar refractivity (Wildman–Crippen MR) is 115 cm³/mol. The van der Waals surface area contributed by atoms with Crippen LogP contribution < -0.4 is 10.6 Å². The first-order valence-corrected chi connectivity index (χ1v) is 9.97. The molecule has 3 rings (SSSR count). The number of rotatable bonds is 4. The molecule has 3 amide bonds. The summed E-state index contributed by atoms with van der Waals surface area (Å²) in [5.41, 5.74) is 2.33. The number of hydrogen-bond donors (Lipinski definition) is 2. The Morgan fingerprint density at radius 3 is 2.55 bits per heavy atom. The van der Waals surface area contributed by atoms with Crippen LogP contribution in [0.2, 0.25) is 10.0 Å². The Kier molecular flexibility index (Phi) is 6.45. The van der Waals surface area contributed by atoms with Crippen molar-refractivity contribution in [1.82, 2.24) is 4.90 Å². The Hall–Kier alpha value is -2.57. The zero-order chi connectivity index (χ0) is 21.1. The van der Waals surface area contributed by atoms with Crippen molar-refractivity contribution in [1.29, 1.82) is 0 Å². The molecule has 8 heteroatoms. The molecule has 0 bridgehead atoms. The molecule has 1 saturated heterocycles. The van der Waals surface area contributed by atoms with Crippen LogP contribution in [0.1, 0.15) is 35.7 Å². The van der Waals surface area contributed by atoms with Gasteiger partial charge in [0.15, 0.2) is 0 Å². The van der Waals surface area contributed by atoms with Crippen LogP contribution in [0.25, 0.3) is 0 Å². The van der Waals surface area contributed by atoms with Gasteiger partial charge in [0.2, 0.25) is 11.8 Å². The van der Waals surface area contributed by atoms with Crippen LogP contribution in [-0.4, -0.2) is 35.2 Å². The molecule has 1 aliphatic rings. The largest absolute Gasteiger partial charge is 0.327 e. The minimum Gasteiger partial charge on any atom is -0.327 e. The first kappa shape index (κ1) is 21.1. The zero-order valence-corrected chi connectivity index (χ0v) is 17.6. The van der Waals surface area contributed by atoms with Crippen molar-refractivity contribution in [3.05, 3.63) is 57.6 Å². The maximum atomic E-state index is 13.0. The number of benzene rings is 2. The monoisotopic (exact) mass is 433 g/mol. The number of halogens is 2. The third kappa shape index (κ3) is 4.89. The molecule has 0 aliphatic carbocycles. The van der Waals surface area contributed by atoms with E-state index in [1.165, 1.54) is 17.9 Å². The molecule has 6 nitrogen and oxygen atoms in total. The molecule has 1 unspecified atom stereocenters. The van der Waals surface area contributed by atoms with E-state index < -0.39 is 6.04 Å². The number of likely N-dealkylation sites (tertiary alicyclic amines) is 1.